The zero-order valence-electron chi connectivity index (χ0n) is 22.1. The highest BCUT2D eigenvalue weighted by Gasteiger charge is 2.71. The van der Waals surface area contributed by atoms with Gasteiger partial charge in [0.25, 0.3) is 5.69 Å². The van der Waals surface area contributed by atoms with Crippen molar-refractivity contribution in [3.05, 3.63) is 147 Å². The van der Waals surface area contributed by atoms with E-state index in [0.717, 1.165) is 16.8 Å². The zero-order valence-corrected chi connectivity index (χ0v) is 22.1. The van der Waals surface area contributed by atoms with Gasteiger partial charge in [-0.2, -0.15) is 0 Å². The molecule has 0 N–H and O–H groups in total. The van der Waals surface area contributed by atoms with Crippen LogP contribution in [-0.2, 0) is 0 Å². The molecule has 0 unspecified atom stereocenters. The molecule has 200 valence electrons. The molecule has 2 aliphatic heterocycles. The van der Waals surface area contributed by atoms with E-state index in [1.165, 1.54) is 12.1 Å². The maximum Gasteiger partial charge on any atom is 0.269 e. The van der Waals surface area contributed by atoms with Crippen LogP contribution in [0.1, 0.15) is 53.7 Å². The van der Waals surface area contributed by atoms with Crippen molar-refractivity contribution < 1.29 is 19.3 Å². The number of nitro groups is 1. The average Bonchev–Trinajstić information content (AvgIpc) is 3.43. The molecule has 1 spiro atoms. The Morgan fingerprint density at radius 1 is 0.854 bits per heavy atom. The SMILES string of the molecule is Cc1ccc2c(c1)N1[C@@H](C=C2)C2(C(=O)c3ccccc3C2=O)[C@@H](c2cccc([N+](=O)[O-])c2)[C@@H]1C(=O)c1ccccc1. The smallest absolute Gasteiger partial charge is 0.269 e. The largest absolute Gasteiger partial charge is 0.352 e. The van der Waals surface area contributed by atoms with Crippen LogP contribution < -0.4 is 4.90 Å². The molecular weight excluding hydrogens is 516 g/mol. The second kappa shape index (κ2) is 8.93. The fraction of sp³-hybridized carbons (Fsp3) is 0.147. The molecule has 4 aromatic rings. The lowest BCUT2D eigenvalue weighted by Crippen LogP contribution is -2.48. The van der Waals surface area contributed by atoms with Crippen molar-refractivity contribution in [1.82, 2.24) is 0 Å². The predicted molar refractivity (Wildman–Crippen MR) is 154 cm³/mol. The number of ketones is 3. The van der Waals surface area contributed by atoms with Crippen molar-refractivity contribution >= 4 is 34.8 Å². The number of hydrogen-bond acceptors (Lipinski definition) is 6. The third kappa shape index (κ3) is 3.35. The fourth-order valence-electron chi connectivity index (χ4n) is 7.05. The van der Waals surface area contributed by atoms with Gasteiger partial charge in [0.15, 0.2) is 17.3 Å². The molecule has 0 bridgehead atoms. The van der Waals surface area contributed by atoms with E-state index in [0.29, 0.717) is 22.3 Å². The Balaban J connectivity index is 1.57. The Hall–Kier alpha value is -5.17. The summed E-state index contributed by atoms with van der Waals surface area (Å²) in [5, 5.41) is 11.9. The van der Waals surface area contributed by atoms with E-state index in [1.807, 2.05) is 48.2 Å². The molecule has 7 heteroatoms. The van der Waals surface area contributed by atoms with Crippen LogP contribution >= 0.6 is 0 Å². The van der Waals surface area contributed by atoms with Gasteiger partial charge >= 0.3 is 0 Å². The van der Waals surface area contributed by atoms with Gasteiger partial charge in [-0.3, -0.25) is 24.5 Å². The molecule has 3 atom stereocenters. The van der Waals surface area contributed by atoms with Gasteiger partial charge in [0.05, 0.1) is 11.0 Å². The molecular formula is C34H24N2O5. The minimum atomic E-state index is -1.70. The van der Waals surface area contributed by atoms with E-state index in [4.69, 9.17) is 0 Å². The van der Waals surface area contributed by atoms with Crippen molar-refractivity contribution in [3.8, 4) is 0 Å². The van der Waals surface area contributed by atoms with E-state index in [2.05, 4.69) is 0 Å². The molecule has 7 rings (SSSR count). The topological polar surface area (TPSA) is 97.6 Å². The highest BCUT2D eigenvalue weighted by molar-refractivity contribution is 6.32. The van der Waals surface area contributed by atoms with E-state index in [1.54, 1.807) is 60.7 Å². The number of hydrogen-bond donors (Lipinski definition) is 0. The Bertz CT molecular complexity index is 1790. The van der Waals surface area contributed by atoms with Crippen LogP contribution in [0, 0.1) is 22.5 Å². The number of nitrogens with zero attached hydrogens (tertiary/aromatic N) is 2. The first-order valence-electron chi connectivity index (χ1n) is 13.4. The number of aryl methyl sites for hydroxylation is 1. The lowest BCUT2D eigenvalue weighted by molar-refractivity contribution is -0.384. The third-order valence-electron chi connectivity index (χ3n) is 8.73. The molecule has 3 aliphatic rings. The van der Waals surface area contributed by atoms with Gasteiger partial charge in [0, 0.05) is 40.4 Å². The first-order chi connectivity index (χ1) is 19.8. The molecule has 0 amide bonds. The summed E-state index contributed by atoms with van der Waals surface area (Å²) in [5.74, 6) is -1.99. The van der Waals surface area contributed by atoms with Crippen molar-refractivity contribution in [2.45, 2.75) is 24.9 Å². The third-order valence-corrected chi connectivity index (χ3v) is 8.73. The van der Waals surface area contributed by atoms with E-state index in [-0.39, 0.29) is 23.0 Å². The first-order valence-corrected chi connectivity index (χ1v) is 13.4. The molecule has 0 radical (unpaired) electrons. The highest BCUT2D eigenvalue weighted by atomic mass is 16.6. The zero-order chi connectivity index (χ0) is 28.5. The van der Waals surface area contributed by atoms with Gasteiger partial charge in [-0.1, -0.05) is 91.0 Å². The molecule has 0 aromatic heterocycles. The number of nitro benzene ring substituents is 1. The van der Waals surface area contributed by atoms with Crippen molar-refractivity contribution in [2.75, 3.05) is 4.90 Å². The summed E-state index contributed by atoms with van der Waals surface area (Å²) in [6, 6.07) is 25.7. The summed E-state index contributed by atoms with van der Waals surface area (Å²) in [6.45, 7) is 1.95. The van der Waals surface area contributed by atoms with Gasteiger partial charge in [-0.15, -0.1) is 0 Å². The summed E-state index contributed by atoms with van der Waals surface area (Å²) in [6.07, 6.45) is 3.75. The minimum absolute atomic E-state index is 0.171. The van der Waals surface area contributed by atoms with E-state index >= 15 is 0 Å². The van der Waals surface area contributed by atoms with Crippen LogP contribution in [0.15, 0.2) is 103 Å². The second-order valence-electron chi connectivity index (χ2n) is 10.9. The molecule has 1 saturated heterocycles. The molecule has 4 aromatic carbocycles. The van der Waals surface area contributed by atoms with Gasteiger partial charge in [0.2, 0.25) is 0 Å². The molecule has 7 nitrogen and oxygen atoms in total. The Kier molecular flexibility index (Phi) is 5.41. The molecule has 1 fully saturated rings. The number of carbonyl (C=O) groups excluding carboxylic acids is 3. The number of anilines is 1. The Morgan fingerprint density at radius 3 is 2.22 bits per heavy atom. The fourth-order valence-corrected chi connectivity index (χ4v) is 7.05. The highest BCUT2D eigenvalue weighted by Crippen LogP contribution is 2.61. The van der Waals surface area contributed by atoms with Crippen LogP contribution in [0.3, 0.4) is 0 Å². The van der Waals surface area contributed by atoms with Gasteiger partial charge in [0.1, 0.15) is 11.5 Å². The summed E-state index contributed by atoms with van der Waals surface area (Å²) < 4.78 is 0. The second-order valence-corrected chi connectivity index (χ2v) is 10.9. The van der Waals surface area contributed by atoms with E-state index in [9.17, 15) is 24.5 Å². The lowest BCUT2D eigenvalue weighted by Gasteiger charge is -2.37. The molecule has 0 saturated carbocycles. The monoisotopic (exact) mass is 540 g/mol. The lowest BCUT2D eigenvalue weighted by atomic mass is 9.64. The number of rotatable bonds is 4. The summed E-state index contributed by atoms with van der Waals surface area (Å²) in [7, 11) is 0. The molecule has 41 heavy (non-hydrogen) atoms. The van der Waals surface area contributed by atoms with Gasteiger partial charge in [-0.25, -0.2) is 0 Å². The quantitative estimate of drug-likeness (QED) is 0.132. The molecule has 2 heterocycles. The van der Waals surface area contributed by atoms with Crippen molar-refractivity contribution in [2.24, 2.45) is 5.41 Å². The van der Waals surface area contributed by atoms with Crippen molar-refractivity contribution in [3.63, 3.8) is 0 Å². The maximum atomic E-state index is 14.6. The Labute approximate surface area is 235 Å². The number of benzene rings is 4. The molecule has 1 aliphatic carbocycles. The van der Waals surface area contributed by atoms with Crippen LogP contribution in [0.2, 0.25) is 0 Å². The normalized spacial score (nSPS) is 21.5. The minimum Gasteiger partial charge on any atom is -0.352 e. The maximum absolute atomic E-state index is 14.6. The number of Topliss-reactive ketones (excluding diaryl/α,β-unsaturated/α-hetero) is 3. The standard InChI is InChI=1S/C34H24N2O5/c1-20-14-15-21-16-17-28-34(32(38)25-12-5-6-13-26(25)33(34)39)29(23-10-7-11-24(19-23)36(40)41)30(35(28)27(21)18-20)31(37)22-8-3-2-4-9-22/h2-19,28-30H,1H3/t28-,29-,30+/m0/s1. The average molecular weight is 541 g/mol. The Morgan fingerprint density at radius 2 is 1.54 bits per heavy atom. The number of non-ortho nitro benzene ring substituents is 1. The van der Waals surface area contributed by atoms with Gasteiger partial charge in [-0.05, 0) is 29.7 Å². The summed E-state index contributed by atoms with van der Waals surface area (Å²) in [4.78, 5) is 57.2. The summed E-state index contributed by atoms with van der Waals surface area (Å²) >= 11 is 0. The number of fused-ring (bicyclic) bond motifs is 5. The van der Waals surface area contributed by atoms with Crippen LogP contribution in [-0.4, -0.2) is 34.4 Å². The van der Waals surface area contributed by atoms with Crippen LogP contribution in [0.25, 0.3) is 6.08 Å². The van der Waals surface area contributed by atoms with Crippen molar-refractivity contribution in [1.29, 1.82) is 0 Å². The van der Waals surface area contributed by atoms with Crippen LogP contribution in [0.5, 0.6) is 0 Å². The first kappa shape index (κ1) is 24.8. The van der Waals surface area contributed by atoms with Crippen LogP contribution in [0.4, 0.5) is 11.4 Å². The van der Waals surface area contributed by atoms with E-state index < -0.39 is 28.3 Å². The predicted octanol–water partition coefficient (Wildman–Crippen LogP) is 6.22. The number of carbonyl (C=O) groups is 3. The summed E-state index contributed by atoms with van der Waals surface area (Å²) in [5.41, 5.74) is 2.15. The van der Waals surface area contributed by atoms with Gasteiger partial charge < -0.3 is 4.90 Å².